The van der Waals surface area contributed by atoms with Crippen LogP contribution in [0.4, 0.5) is 5.69 Å². The topological polar surface area (TPSA) is 87.3 Å². The van der Waals surface area contributed by atoms with Crippen molar-refractivity contribution in [1.82, 2.24) is 9.78 Å². The van der Waals surface area contributed by atoms with Crippen molar-refractivity contribution in [3.63, 3.8) is 0 Å². The average Bonchev–Trinajstić information content (AvgIpc) is 2.84. The summed E-state index contributed by atoms with van der Waals surface area (Å²) in [5, 5.41) is 15.8. The summed E-state index contributed by atoms with van der Waals surface area (Å²) in [5.41, 5.74) is 0.231. The summed E-state index contributed by atoms with van der Waals surface area (Å²) in [5.74, 6) is -0.362. The SMILES string of the molecule is Cc1nn(C(C)(C)C)c(OC(=O)C(C)C)c1Sc1ccccc1[N+](=O)[O-]. The predicted molar refractivity (Wildman–Crippen MR) is 99.7 cm³/mol. The lowest BCUT2D eigenvalue weighted by atomic mass is 10.1. The number of esters is 1. The molecule has 1 aromatic carbocycles. The number of hydrogen-bond acceptors (Lipinski definition) is 6. The van der Waals surface area contributed by atoms with Gasteiger partial charge in [0.1, 0.15) is 0 Å². The summed E-state index contributed by atoms with van der Waals surface area (Å²) in [4.78, 5) is 24.1. The summed E-state index contributed by atoms with van der Waals surface area (Å²) in [6.07, 6.45) is 0. The van der Waals surface area contributed by atoms with Crippen molar-refractivity contribution >= 4 is 23.4 Å². The molecule has 8 heteroatoms. The summed E-state index contributed by atoms with van der Waals surface area (Å²) < 4.78 is 7.28. The Morgan fingerprint density at radius 1 is 1.31 bits per heavy atom. The second kappa shape index (κ2) is 7.49. The molecule has 2 aromatic rings. The van der Waals surface area contributed by atoms with Crippen molar-refractivity contribution in [3.05, 3.63) is 40.1 Å². The highest BCUT2D eigenvalue weighted by Gasteiger charge is 2.29. The third-order valence-electron chi connectivity index (χ3n) is 3.54. The average molecular weight is 377 g/mol. The van der Waals surface area contributed by atoms with Gasteiger partial charge >= 0.3 is 5.97 Å². The number of nitrogens with zero attached hydrogens (tertiary/aromatic N) is 3. The van der Waals surface area contributed by atoms with Gasteiger partial charge in [-0.2, -0.15) is 5.10 Å². The Labute approximate surface area is 156 Å². The van der Waals surface area contributed by atoms with E-state index in [1.165, 1.54) is 17.8 Å². The van der Waals surface area contributed by atoms with Crippen molar-refractivity contribution in [2.24, 2.45) is 5.92 Å². The van der Waals surface area contributed by atoms with Crippen LogP contribution in [0.1, 0.15) is 40.3 Å². The zero-order valence-corrected chi connectivity index (χ0v) is 16.6. The van der Waals surface area contributed by atoms with E-state index in [2.05, 4.69) is 5.10 Å². The Morgan fingerprint density at radius 2 is 1.92 bits per heavy atom. The first kappa shape index (κ1) is 20.0. The molecule has 26 heavy (non-hydrogen) atoms. The van der Waals surface area contributed by atoms with Crippen molar-refractivity contribution in [2.75, 3.05) is 0 Å². The number of carbonyl (C=O) groups is 1. The van der Waals surface area contributed by atoms with E-state index in [0.29, 0.717) is 21.4 Å². The third kappa shape index (κ3) is 4.24. The van der Waals surface area contributed by atoms with Gasteiger partial charge in [-0.25, -0.2) is 4.68 Å². The van der Waals surface area contributed by atoms with Crippen LogP contribution in [0.2, 0.25) is 0 Å². The maximum absolute atomic E-state index is 12.2. The van der Waals surface area contributed by atoms with Gasteiger partial charge in [-0.05, 0) is 33.8 Å². The standard InChI is InChI=1S/C18H23N3O4S/c1-11(2)17(22)25-16-15(12(3)19-20(16)18(4,5)6)26-14-10-8-7-9-13(14)21(23)24/h7-11H,1-6H3. The van der Waals surface area contributed by atoms with Crippen LogP contribution in [-0.4, -0.2) is 20.7 Å². The van der Waals surface area contributed by atoms with E-state index in [4.69, 9.17) is 4.74 Å². The zero-order valence-electron chi connectivity index (χ0n) is 15.8. The minimum Gasteiger partial charge on any atom is -0.406 e. The molecule has 0 fully saturated rings. The quantitative estimate of drug-likeness (QED) is 0.431. The van der Waals surface area contributed by atoms with E-state index in [1.54, 1.807) is 43.7 Å². The van der Waals surface area contributed by atoms with E-state index in [9.17, 15) is 14.9 Å². The molecule has 1 heterocycles. The molecule has 0 saturated heterocycles. The van der Waals surface area contributed by atoms with Crippen LogP contribution in [0.15, 0.2) is 34.1 Å². The number of nitro benzene ring substituents is 1. The summed E-state index contributed by atoms with van der Waals surface area (Å²) >= 11 is 1.18. The van der Waals surface area contributed by atoms with Gasteiger partial charge in [0.25, 0.3) is 5.69 Å². The van der Waals surface area contributed by atoms with Crippen LogP contribution in [0.25, 0.3) is 0 Å². The number of aromatic nitrogens is 2. The molecule has 140 valence electrons. The molecule has 0 saturated carbocycles. The molecule has 0 N–H and O–H groups in total. The highest BCUT2D eigenvalue weighted by Crippen LogP contribution is 2.43. The molecule has 0 amide bonds. The predicted octanol–water partition coefficient (Wildman–Crippen LogP) is 4.57. The molecule has 0 aliphatic rings. The fourth-order valence-corrected chi connectivity index (χ4v) is 3.19. The van der Waals surface area contributed by atoms with Crippen LogP contribution >= 0.6 is 11.8 Å². The van der Waals surface area contributed by atoms with Gasteiger partial charge in [0.05, 0.1) is 31.9 Å². The zero-order chi connectivity index (χ0) is 19.6. The van der Waals surface area contributed by atoms with Crippen LogP contribution in [-0.2, 0) is 10.3 Å². The summed E-state index contributed by atoms with van der Waals surface area (Å²) in [6, 6.07) is 6.47. The van der Waals surface area contributed by atoms with Gasteiger partial charge in [-0.3, -0.25) is 14.9 Å². The maximum atomic E-state index is 12.2. The normalized spacial score (nSPS) is 11.7. The molecule has 0 spiro atoms. The van der Waals surface area contributed by atoms with Gasteiger partial charge in [-0.15, -0.1) is 0 Å². The smallest absolute Gasteiger partial charge is 0.315 e. The Bertz CT molecular complexity index is 837. The number of rotatable bonds is 5. The maximum Gasteiger partial charge on any atom is 0.315 e. The molecule has 1 aromatic heterocycles. The monoisotopic (exact) mass is 377 g/mol. The Hall–Kier alpha value is -2.35. The minimum atomic E-state index is -0.425. The van der Waals surface area contributed by atoms with E-state index >= 15 is 0 Å². The minimum absolute atomic E-state index is 0.00143. The molecule has 0 bridgehead atoms. The molecule has 0 aliphatic carbocycles. The van der Waals surface area contributed by atoms with Crippen LogP contribution in [0, 0.1) is 23.0 Å². The fraction of sp³-hybridized carbons (Fsp3) is 0.444. The van der Waals surface area contributed by atoms with Crippen molar-refractivity contribution in [1.29, 1.82) is 0 Å². The van der Waals surface area contributed by atoms with Crippen molar-refractivity contribution in [2.45, 2.75) is 56.9 Å². The number of aryl methyl sites for hydroxylation is 1. The first-order valence-electron chi connectivity index (χ1n) is 8.25. The molecule has 2 rings (SSSR count). The molecular formula is C18H23N3O4S. The van der Waals surface area contributed by atoms with Gasteiger partial charge in [0.2, 0.25) is 5.88 Å². The van der Waals surface area contributed by atoms with Gasteiger partial charge in [0, 0.05) is 6.07 Å². The number of hydrogen-bond donors (Lipinski definition) is 0. The lowest BCUT2D eigenvalue weighted by Crippen LogP contribution is -2.26. The number of benzene rings is 1. The number of nitro groups is 1. The van der Waals surface area contributed by atoms with E-state index in [-0.39, 0.29) is 17.6 Å². The Morgan fingerprint density at radius 3 is 2.46 bits per heavy atom. The van der Waals surface area contributed by atoms with E-state index in [0.717, 1.165) is 0 Å². The first-order chi connectivity index (χ1) is 12.0. The second-order valence-corrected chi connectivity index (χ2v) is 8.26. The fourth-order valence-electron chi connectivity index (χ4n) is 2.17. The Balaban J connectivity index is 2.56. The lowest BCUT2D eigenvalue weighted by Gasteiger charge is -2.22. The van der Waals surface area contributed by atoms with Gasteiger partial charge in [0.15, 0.2) is 0 Å². The number of ether oxygens (including phenoxy) is 1. The molecule has 0 atom stereocenters. The third-order valence-corrected chi connectivity index (χ3v) is 4.78. The Kier molecular flexibility index (Phi) is 5.75. The molecule has 0 unspecified atom stereocenters. The first-order valence-corrected chi connectivity index (χ1v) is 9.07. The molecule has 0 aliphatic heterocycles. The summed E-state index contributed by atoms with van der Waals surface area (Å²) in [7, 11) is 0. The summed E-state index contributed by atoms with van der Waals surface area (Å²) in [6.45, 7) is 11.2. The van der Waals surface area contributed by atoms with E-state index in [1.807, 2.05) is 20.8 Å². The second-order valence-electron chi connectivity index (χ2n) is 7.21. The number of para-hydroxylation sites is 1. The number of carbonyl (C=O) groups excluding carboxylic acids is 1. The van der Waals surface area contributed by atoms with E-state index < -0.39 is 10.5 Å². The molecule has 0 radical (unpaired) electrons. The van der Waals surface area contributed by atoms with Crippen molar-refractivity contribution in [3.8, 4) is 5.88 Å². The van der Waals surface area contributed by atoms with Gasteiger partial charge in [-0.1, -0.05) is 37.7 Å². The molecular weight excluding hydrogens is 354 g/mol. The molecule has 7 nitrogen and oxygen atoms in total. The van der Waals surface area contributed by atoms with Crippen LogP contribution < -0.4 is 4.74 Å². The largest absolute Gasteiger partial charge is 0.406 e. The van der Waals surface area contributed by atoms with Gasteiger partial charge < -0.3 is 4.74 Å². The van der Waals surface area contributed by atoms with Crippen LogP contribution in [0.3, 0.4) is 0 Å². The highest BCUT2D eigenvalue weighted by molar-refractivity contribution is 7.99. The van der Waals surface area contributed by atoms with Crippen LogP contribution in [0.5, 0.6) is 5.88 Å². The van der Waals surface area contributed by atoms with Crippen molar-refractivity contribution < 1.29 is 14.5 Å². The lowest BCUT2D eigenvalue weighted by molar-refractivity contribution is -0.387. The highest BCUT2D eigenvalue weighted by atomic mass is 32.2.